The number of nitrogens with zero attached hydrogens (tertiary/aromatic N) is 1. The molecule has 0 unspecified atom stereocenters. The smallest absolute Gasteiger partial charge is 0.258 e. The van der Waals surface area contributed by atoms with Gasteiger partial charge in [-0.15, -0.1) is 0 Å². The Hall–Kier alpha value is -4.34. The van der Waals surface area contributed by atoms with Crippen LogP contribution < -0.4 is 26.2 Å². The zero-order valence-corrected chi connectivity index (χ0v) is 20.6. The summed E-state index contributed by atoms with van der Waals surface area (Å²) in [5, 5.41) is 8.98. The van der Waals surface area contributed by atoms with E-state index in [0.29, 0.717) is 32.9 Å². The summed E-state index contributed by atoms with van der Waals surface area (Å²) in [5.41, 5.74) is 0.432. The van der Waals surface area contributed by atoms with Crippen molar-refractivity contribution < 1.29 is 14.3 Å². The standard InChI is InChI=1S/C26H19Cl2N5O4/c27-14-6-11-20(19(28)12-14)30-26-32-23-22(25(36)33-26)18(13-21(34)31-23)24(35)29-15-7-9-17(10-8-15)37-16-4-2-1-3-5-16/h1-12,18H,13H2,(H,29,35)(H3,30,31,32,33,34,36)/t18-/m1/s1. The molecule has 1 aliphatic heterocycles. The number of H-pyrrole nitrogens is 1. The summed E-state index contributed by atoms with van der Waals surface area (Å²) >= 11 is 12.1. The second kappa shape index (κ2) is 10.3. The Labute approximate surface area is 220 Å². The van der Waals surface area contributed by atoms with Gasteiger partial charge in [0.15, 0.2) is 0 Å². The third-order valence-corrected chi connectivity index (χ3v) is 6.10. The first kappa shape index (κ1) is 24.4. The van der Waals surface area contributed by atoms with Crippen molar-refractivity contribution in [3.63, 3.8) is 0 Å². The van der Waals surface area contributed by atoms with Crippen LogP contribution >= 0.6 is 23.2 Å². The summed E-state index contributed by atoms with van der Waals surface area (Å²) in [5.74, 6) is -0.665. The van der Waals surface area contributed by atoms with Gasteiger partial charge in [-0.05, 0) is 54.6 Å². The number of carbonyl (C=O) groups is 2. The van der Waals surface area contributed by atoms with Crippen LogP contribution in [0.3, 0.4) is 0 Å². The number of ether oxygens (including phenoxy) is 1. The Morgan fingerprint density at radius 1 is 0.973 bits per heavy atom. The predicted molar refractivity (Wildman–Crippen MR) is 142 cm³/mol. The topological polar surface area (TPSA) is 125 Å². The lowest BCUT2D eigenvalue weighted by atomic mass is 9.92. The molecule has 1 atom stereocenters. The molecular formula is C26H19Cl2N5O4. The van der Waals surface area contributed by atoms with E-state index in [-0.39, 0.29) is 23.8 Å². The quantitative estimate of drug-likeness (QED) is 0.252. The fourth-order valence-corrected chi connectivity index (χ4v) is 4.29. The summed E-state index contributed by atoms with van der Waals surface area (Å²) in [6.07, 6.45) is -0.200. The molecule has 2 amide bonds. The second-order valence-electron chi connectivity index (χ2n) is 8.16. The Morgan fingerprint density at radius 2 is 1.70 bits per heavy atom. The molecule has 0 aliphatic carbocycles. The Kier molecular flexibility index (Phi) is 6.80. The summed E-state index contributed by atoms with van der Waals surface area (Å²) in [7, 11) is 0. The Balaban J connectivity index is 1.34. The number of nitrogens with one attached hydrogen (secondary N) is 4. The van der Waals surface area contributed by atoms with E-state index in [4.69, 9.17) is 27.9 Å². The van der Waals surface area contributed by atoms with Crippen LogP contribution in [0, 0.1) is 0 Å². The zero-order chi connectivity index (χ0) is 25.9. The van der Waals surface area contributed by atoms with E-state index in [9.17, 15) is 14.4 Å². The molecule has 4 N–H and O–H groups in total. The largest absolute Gasteiger partial charge is 0.457 e. The lowest BCUT2D eigenvalue weighted by molar-refractivity contribution is -0.123. The average molecular weight is 536 g/mol. The number of hydrogen-bond acceptors (Lipinski definition) is 6. The van der Waals surface area contributed by atoms with Crippen LogP contribution in [-0.2, 0) is 9.59 Å². The summed E-state index contributed by atoms with van der Waals surface area (Å²) in [6, 6.07) is 20.8. The normalized spacial score (nSPS) is 14.3. The van der Waals surface area contributed by atoms with E-state index >= 15 is 0 Å². The number of hydrogen-bond donors (Lipinski definition) is 4. The molecule has 4 aromatic rings. The number of carbonyl (C=O) groups excluding carboxylic acids is 2. The number of anilines is 4. The molecule has 0 saturated carbocycles. The van der Waals surface area contributed by atoms with Crippen LogP contribution in [0.4, 0.5) is 23.1 Å². The van der Waals surface area contributed by atoms with Crippen molar-refractivity contribution >= 4 is 58.2 Å². The van der Waals surface area contributed by atoms with Crippen molar-refractivity contribution in [2.45, 2.75) is 12.3 Å². The maximum absolute atomic E-state index is 13.1. The molecule has 0 spiro atoms. The number of aromatic nitrogens is 2. The van der Waals surface area contributed by atoms with Gasteiger partial charge >= 0.3 is 0 Å². The molecule has 11 heteroatoms. The zero-order valence-electron chi connectivity index (χ0n) is 19.0. The van der Waals surface area contributed by atoms with Gasteiger partial charge in [-0.25, -0.2) is 0 Å². The average Bonchev–Trinajstić information content (AvgIpc) is 2.87. The first-order valence-corrected chi connectivity index (χ1v) is 11.9. The molecule has 1 aromatic heterocycles. The molecular weight excluding hydrogens is 517 g/mol. The summed E-state index contributed by atoms with van der Waals surface area (Å²) < 4.78 is 5.76. The number of rotatable bonds is 6. The molecule has 1 aliphatic rings. The number of para-hydroxylation sites is 1. The molecule has 0 radical (unpaired) electrons. The predicted octanol–water partition coefficient (Wildman–Crippen LogP) is 5.68. The van der Waals surface area contributed by atoms with Gasteiger partial charge in [0.2, 0.25) is 17.8 Å². The molecule has 0 fully saturated rings. The van der Waals surface area contributed by atoms with Gasteiger partial charge in [0, 0.05) is 17.1 Å². The first-order chi connectivity index (χ1) is 17.9. The molecule has 0 saturated heterocycles. The van der Waals surface area contributed by atoms with E-state index < -0.39 is 23.3 Å². The SMILES string of the molecule is O=C1C[C@@H](C(=O)Nc2ccc(Oc3ccccc3)cc2)c2c(nc(Nc3ccc(Cl)cc3Cl)[nH]c2=O)N1. The second-order valence-corrected chi connectivity index (χ2v) is 9.00. The van der Waals surface area contributed by atoms with Gasteiger partial charge < -0.3 is 20.7 Å². The van der Waals surface area contributed by atoms with Crippen molar-refractivity contribution in [3.05, 3.63) is 98.8 Å². The van der Waals surface area contributed by atoms with Crippen molar-refractivity contribution in [3.8, 4) is 11.5 Å². The fourth-order valence-electron chi connectivity index (χ4n) is 3.83. The maximum atomic E-state index is 13.1. The number of halogens is 2. The lowest BCUT2D eigenvalue weighted by Gasteiger charge is -2.23. The summed E-state index contributed by atoms with van der Waals surface area (Å²) in [6.45, 7) is 0. The first-order valence-electron chi connectivity index (χ1n) is 11.2. The number of aromatic amines is 1. The van der Waals surface area contributed by atoms with Gasteiger partial charge in [-0.3, -0.25) is 19.4 Å². The highest BCUT2D eigenvalue weighted by Crippen LogP contribution is 2.32. The van der Waals surface area contributed by atoms with Gasteiger partial charge in [-0.2, -0.15) is 4.98 Å². The van der Waals surface area contributed by atoms with Gasteiger partial charge in [0.05, 0.1) is 22.2 Å². The van der Waals surface area contributed by atoms with Crippen LogP contribution in [0.25, 0.3) is 0 Å². The minimum atomic E-state index is -1.03. The van der Waals surface area contributed by atoms with E-state index in [1.807, 2.05) is 30.3 Å². The number of benzene rings is 3. The van der Waals surface area contributed by atoms with Crippen LogP contribution in [0.15, 0.2) is 77.6 Å². The van der Waals surface area contributed by atoms with Crippen molar-refractivity contribution in [2.24, 2.45) is 0 Å². The number of fused-ring (bicyclic) bond motifs is 1. The fraction of sp³-hybridized carbons (Fsp3) is 0.0769. The summed E-state index contributed by atoms with van der Waals surface area (Å²) in [4.78, 5) is 45.3. The van der Waals surface area contributed by atoms with Crippen LogP contribution in [0.5, 0.6) is 11.5 Å². The van der Waals surface area contributed by atoms with Crippen molar-refractivity contribution in [1.29, 1.82) is 0 Å². The molecule has 37 heavy (non-hydrogen) atoms. The number of amides is 2. The van der Waals surface area contributed by atoms with Crippen molar-refractivity contribution in [2.75, 3.05) is 16.0 Å². The third kappa shape index (κ3) is 5.58. The molecule has 5 rings (SSSR count). The Bertz CT molecular complexity index is 1540. The highest BCUT2D eigenvalue weighted by Gasteiger charge is 2.34. The third-order valence-electron chi connectivity index (χ3n) is 5.55. The van der Waals surface area contributed by atoms with Gasteiger partial charge in [0.1, 0.15) is 17.3 Å². The monoisotopic (exact) mass is 535 g/mol. The van der Waals surface area contributed by atoms with Gasteiger partial charge in [0.25, 0.3) is 5.56 Å². The Morgan fingerprint density at radius 3 is 2.43 bits per heavy atom. The molecule has 2 heterocycles. The van der Waals surface area contributed by atoms with Crippen LogP contribution in [0.1, 0.15) is 17.9 Å². The molecule has 186 valence electrons. The van der Waals surface area contributed by atoms with E-state index in [0.717, 1.165) is 0 Å². The maximum Gasteiger partial charge on any atom is 0.258 e. The molecule has 3 aromatic carbocycles. The van der Waals surface area contributed by atoms with Gasteiger partial charge in [-0.1, -0.05) is 41.4 Å². The van der Waals surface area contributed by atoms with E-state index in [2.05, 4.69) is 25.9 Å². The lowest BCUT2D eigenvalue weighted by Crippen LogP contribution is -2.36. The highest BCUT2D eigenvalue weighted by atomic mass is 35.5. The minimum absolute atomic E-state index is 0.000606. The minimum Gasteiger partial charge on any atom is -0.457 e. The molecule has 0 bridgehead atoms. The van der Waals surface area contributed by atoms with Crippen molar-refractivity contribution in [1.82, 2.24) is 9.97 Å². The van der Waals surface area contributed by atoms with E-state index in [1.54, 1.807) is 36.4 Å². The highest BCUT2D eigenvalue weighted by molar-refractivity contribution is 6.36. The van der Waals surface area contributed by atoms with Crippen LogP contribution in [0.2, 0.25) is 10.0 Å². The molecule has 9 nitrogen and oxygen atoms in total. The van der Waals surface area contributed by atoms with Crippen LogP contribution in [-0.4, -0.2) is 21.8 Å². The van der Waals surface area contributed by atoms with E-state index in [1.165, 1.54) is 6.07 Å².